The number of rotatable bonds is 8. The van der Waals surface area contributed by atoms with Crippen LogP contribution in [0.25, 0.3) is 10.2 Å². The number of hydrogen-bond acceptors (Lipinski definition) is 6. The molecule has 2 N–H and O–H groups in total. The zero-order chi connectivity index (χ0) is 20.1. The van der Waals surface area contributed by atoms with Gasteiger partial charge in [0.2, 0.25) is 11.8 Å². The van der Waals surface area contributed by atoms with E-state index in [1.807, 2.05) is 6.92 Å². The van der Waals surface area contributed by atoms with Crippen LogP contribution in [0, 0.1) is 0 Å². The summed E-state index contributed by atoms with van der Waals surface area (Å²) in [6.45, 7) is 6.36. The van der Waals surface area contributed by atoms with Crippen molar-refractivity contribution in [1.29, 1.82) is 0 Å². The number of thioether (sulfide) groups is 1. The van der Waals surface area contributed by atoms with Crippen LogP contribution in [0.15, 0.2) is 22.6 Å². The van der Waals surface area contributed by atoms with Crippen molar-refractivity contribution >= 4 is 45.1 Å². The van der Waals surface area contributed by atoms with E-state index in [1.165, 1.54) is 16.6 Å². The van der Waals surface area contributed by atoms with Crippen molar-refractivity contribution in [3.63, 3.8) is 0 Å². The Bertz CT molecular complexity index is 964. The minimum atomic E-state index is -0.277. The first-order valence-electron chi connectivity index (χ1n) is 9.37. The summed E-state index contributed by atoms with van der Waals surface area (Å²) in [5.74, 6) is -0.422. The maximum absolute atomic E-state index is 13.1. The normalized spacial score (nSPS) is 13.2. The molecule has 2 aromatic heterocycles. The molecule has 0 unspecified atom stereocenters. The van der Waals surface area contributed by atoms with Crippen LogP contribution in [0.2, 0.25) is 0 Å². The van der Waals surface area contributed by atoms with Gasteiger partial charge in [0.15, 0.2) is 5.16 Å². The second-order valence-corrected chi connectivity index (χ2v) is 8.53. The molecule has 3 rings (SSSR count). The standard InChI is InChI=1S/C19H24N4O3S2/c1-3-9-23-18(26)16-12-7-5-6-8-13(12)28-17(16)22-19(23)27-11-15(25)21-10-14(24)20-4-2/h3H,1,4-11H2,2H3,(H,20,24)(H,21,25). The Morgan fingerprint density at radius 3 is 2.82 bits per heavy atom. The van der Waals surface area contributed by atoms with Gasteiger partial charge >= 0.3 is 0 Å². The lowest BCUT2D eigenvalue weighted by atomic mass is 9.97. The summed E-state index contributed by atoms with van der Waals surface area (Å²) in [5, 5.41) is 6.43. The fourth-order valence-electron chi connectivity index (χ4n) is 3.24. The van der Waals surface area contributed by atoms with Gasteiger partial charge in [0.25, 0.3) is 5.56 Å². The number of amides is 2. The van der Waals surface area contributed by atoms with Crippen molar-refractivity contribution in [2.24, 2.45) is 0 Å². The maximum atomic E-state index is 13.1. The quantitative estimate of drug-likeness (QED) is 0.386. The SMILES string of the molecule is C=CCn1c(SCC(=O)NCC(=O)NCC)nc2sc3c(c2c1=O)CCCC3. The first-order chi connectivity index (χ1) is 13.5. The maximum Gasteiger partial charge on any atom is 0.263 e. The molecule has 0 saturated carbocycles. The highest BCUT2D eigenvalue weighted by Gasteiger charge is 2.22. The number of allylic oxidation sites excluding steroid dienone is 1. The summed E-state index contributed by atoms with van der Waals surface area (Å²) in [6.07, 6.45) is 5.83. The molecule has 0 atom stereocenters. The predicted octanol–water partition coefficient (Wildman–Crippen LogP) is 1.87. The number of aryl methyl sites for hydroxylation is 2. The van der Waals surface area contributed by atoms with Crippen LogP contribution < -0.4 is 16.2 Å². The van der Waals surface area contributed by atoms with Gasteiger partial charge in [-0.05, 0) is 38.2 Å². The number of aromatic nitrogens is 2. The monoisotopic (exact) mass is 420 g/mol. The first-order valence-corrected chi connectivity index (χ1v) is 11.2. The van der Waals surface area contributed by atoms with Crippen molar-refractivity contribution in [1.82, 2.24) is 20.2 Å². The molecular formula is C19H24N4O3S2. The van der Waals surface area contributed by atoms with Gasteiger partial charge in [-0.2, -0.15) is 0 Å². The van der Waals surface area contributed by atoms with Crippen LogP contribution in [-0.2, 0) is 29.0 Å². The van der Waals surface area contributed by atoms with Crippen LogP contribution in [-0.4, -0.2) is 40.2 Å². The van der Waals surface area contributed by atoms with Crippen molar-refractivity contribution in [2.45, 2.75) is 44.3 Å². The number of likely N-dealkylation sites (N-methyl/N-ethyl adjacent to an activating group) is 1. The molecular weight excluding hydrogens is 396 g/mol. The van der Waals surface area contributed by atoms with Gasteiger partial charge in [-0.1, -0.05) is 17.8 Å². The Hall–Kier alpha value is -2.13. The van der Waals surface area contributed by atoms with Gasteiger partial charge < -0.3 is 10.6 Å². The van der Waals surface area contributed by atoms with Crippen molar-refractivity contribution in [3.05, 3.63) is 33.4 Å². The highest BCUT2D eigenvalue weighted by molar-refractivity contribution is 7.99. The van der Waals surface area contributed by atoms with Gasteiger partial charge in [-0.3, -0.25) is 19.0 Å². The summed E-state index contributed by atoms with van der Waals surface area (Å²) in [5.41, 5.74) is 1.09. The number of hydrogen-bond donors (Lipinski definition) is 2. The van der Waals surface area contributed by atoms with Gasteiger partial charge in [0.1, 0.15) is 4.83 Å². The third-order valence-electron chi connectivity index (χ3n) is 4.50. The number of fused-ring (bicyclic) bond motifs is 3. The second-order valence-electron chi connectivity index (χ2n) is 6.51. The van der Waals surface area contributed by atoms with Gasteiger partial charge in [0, 0.05) is 18.0 Å². The fraction of sp³-hybridized carbons (Fsp3) is 0.474. The second kappa shape index (κ2) is 9.38. The topological polar surface area (TPSA) is 93.1 Å². The third-order valence-corrected chi connectivity index (χ3v) is 6.67. The van der Waals surface area contributed by atoms with E-state index >= 15 is 0 Å². The number of nitrogens with one attached hydrogen (secondary N) is 2. The lowest BCUT2D eigenvalue weighted by molar-refractivity contribution is -0.124. The molecule has 0 fully saturated rings. The van der Waals surface area contributed by atoms with Gasteiger partial charge in [-0.25, -0.2) is 4.98 Å². The number of carbonyl (C=O) groups is 2. The molecule has 9 heteroatoms. The highest BCUT2D eigenvalue weighted by Crippen LogP contribution is 2.34. The van der Waals surface area contributed by atoms with Crippen LogP contribution in [0.4, 0.5) is 0 Å². The molecule has 1 aliphatic carbocycles. The number of carbonyl (C=O) groups excluding carboxylic acids is 2. The number of thiophene rings is 1. The molecule has 0 bridgehead atoms. The van der Waals surface area contributed by atoms with Crippen LogP contribution in [0.3, 0.4) is 0 Å². The Morgan fingerprint density at radius 1 is 1.29 bits per heavy atom. The Kier molecular flexibility index (Phi) is 6.90. The van der Waals surface area contributed by atoms with Gasteiger partial charge in [0.05, 0.1) is 17.7 Å². The molecule has 2 amide bonds. The molecule has 0 saturated heterocycles. The third kappa shape index (κ3) is 4.47. The van der Waals surface area contributed by atoms with Crippen LogP contribution >= 0.6 is 23.1 Å². The van der Waals surface area contributed by atoms with Crippen LogP contribution in [0.1, 0.15) is 30.2 Å². The fourth-order valence-corrected chi connectivity index (χ4v) is 5.38. The lowest BCUT2D eigenvalue weighted by Crippen LogP contribution is -2.37. The van der Waals surface area contributed by atoms with Crippen molar-refractivity contribution in [3.8, 4) is 0 Å². The summed E-state index contributed by atoms with van der Waals surface area (Å²) >= 11 is 2.79. The van der Waals surface area contributed by atoms with E-state index in [2.05, 4.69) is 17.2 Å². The van der Waals surface area contributed by atoms with E-state index in [1.54, 1.807) is 22.0 Å². The zero-order valence-corrected chi connectivity index (χ0v) is 17.5. The van der Waals surface area contributed by atoms with E-state index in [-0.39, 0.29) is 29.7 Å². The molecule has 1 aliphatic rings. The van der Waals surface area contributed by atoms with E-state index in [0.717, 1.165) is 41.5 Å². The number of nitrogens with zero attached hydrogens (tertiary/aromatic N) is 2. The molecule has 150 valence electrons. The Balaban J connectivity index is 1.81. The largest absolute Gasteiger partial charge is 0.355 e. The molecule has 0 aliphatic heterocycles. The highest BCUT2D eigenvalue weighted by atomic mass is 32.2. The van der Waals surface area contributed by atoms with Gasteiger partial charge in [-0.15, -0.1) is 17.9 Å². The minimum absolute atomic E-state index is 0.0587. The van der Waals surface area contributed by atoms with E-state index in [0.29, 0.717) is 18.2 Å². The Morgan fingerprint density at radius 2 is 2.07 bits per heavy atom. The van der Waals surface area contributed by atoms with E-state index in [4.69, 9.17) is 4.98 Å². The molecule has 0 aromatic carbocycles. The summed E-state index contributed by atoms with van der Waals surface area (Å²) in [4.78, 5) is 43.3. The van der Waals surface area contributed by atoms with E-state index < -0.39 is 0 Å². The molecule has 2 aromatic rings. The predicted molar refractivity (Wildman–Crippen MR) is 113 cm³/mol. The minimum Gasteiger partial charge on any atom is -0.355 e. The average molecular weight is 421 g/mol. The lowest BCUT2D eigenvalue weighted by Gasteiger charge is -2.12. The molecule has 28 heavy (non-hydrogen) atoms. The molecule has 2 heterocycles. The first kappa shape index (κ1) is 20.6. The smallest absolute Gasteiger partial charge is 0.263 e. The summed E-state index contributed by atoms with van der Waals surface area (Å²) < 4.78 is 1.58. The Labute approximate surface area is 171 Å². The molecule has 7 nitrogen and oxygen atoms in total. The molecule has 0 radical (unpaired) electrons. The average Bonchev–Trinajstić information content (AvgIpc) is 3.06. The summed E-state index contributed by atoms with van der Waals surface area (Å²) in [7, 11) is 0. The zero-order valence-electron chi connectivity index (χ0n) is 15.9. The molecule has 0 spiro atoms. The summed E-state index contributed by atoms with van der Waals surface area (Å²) in [6, 6.07) is 0. The van der Waals surface area contributed by atoms with Crippen molar-refractivity contribution < 1.29 is 9.59 Å². The van der Waals surface area contributed by atoms with E-state index in [9.17, 15) is 14.4 Å². The van der Waals surface area contributed by atoms with Crippen LogP contribution in [0.5, 0.6) is 0 Å². The van der Waals surface area contributed by atoms with Crippen molar-refractivity contribution in [2.75, 3.05) is 18.8 Å².